The van der Waals surface area contributed by atoms with E-state index in [1.165, 1.54) is 11.0 Å². The van der Waals surface area contributed by atoms with Gasteiger partial charge in [0.1, 0.15) is 6.33 Å². The van der Waals surface area contributed by atoms with E-state index in [1.54, 1.807) is 12.1 Å². The molecule has 4 nitrogen and oxygen atoms in total. The van der Waals surface area contributed by atoms with Gasteiger partial charge in [-0.3, -0.25) is 4.98 Å². The van der Waals surface area contributed by atoms with Gasteiger partial charge in [-0.05, 0) is 18.2 Å². The number of hydrogen-bond acceptors (Lipinski definition) is 3. The summed E-state index contributed by atoms with van der Waals surface area (Å²) in [5.74, 6) is 0. The first-order valence-corrected chi connectivity index (χ1v) is 4.14. The van der Waals surface area contributed by atoms with E-state index in [4.69, 9.17) is 0 Å². The highest BCUT2D eigenvalue weighted by atomic mass is 32.1. The van der Waals surface area contributed by atoms with Crippen LogP contribution >= 0.6 is 12.6 Å². The molecule has 5 heteroatoms. The summed E-state index contributed by atoms with van der Waals surface area (Å²) in [5.41, 5.74) is 0.456. The van der Waals surface area contributed by atoms with Crippen molar-refractivity contribution in [1.82, 2.24) is 14.8 Å². The second kappa shape index (κ2) is 3.10. The van der Waals surface area contributed by atoms with E-state index >= 15 is 0 Å². The fourth-order valence-corrected chi connectivity index (χ4v) is 1.28. The fraction of sp³-hybridized carbons (Fsp3) is 0. The molecule has 0 saturated carbocycles. The van der Waals surface area contributed by atoms with Gasteiger partial charge in [-0.1, -0.05) is 6.07 Å². The third kappa shape index (κ3) is 1.50. The van der Waals surface area contributed by atoms with Crippen LogP contribution in [0.1, 0.15) is 0 Å². The van der Waals surface area contributed by atoms with E-state index in [0.29, 0.717) is 5.69 Å². The predicted octanol–water partition coefficient (Wildman–Crippen LogP) is 0.849. The molecular formula is C8H7N3OS. The van der Waals surface area contributed by atoms with Crippen LogP contribution in [0.2, 0.25) is 0 Å². The van der Waals surface area contributed by atoms with Crippen LogP contribution in [0, 0.1) is 0 Å². The molecule has 2 aromatic rings. The van der Waals surface area contributed by atoms with Crippen molar-refractivity contribution in [3.05, 3.63) is 41.1 Å². The minimum absolute atomic E-state index is 0.251. The first-order valence-electron chi connectivity index (χ1n) is 3.69. The number of benzene rings is 1. The first-order chi connectivity index (χ1) is 6.27. The summed E-state index contributed by atoms with van der Waals surface area (Å²) in [7, 11) is 0. The molecule has 1 aromatic heterocycles. The molecule has 0 aliphatic carbocycles. The minimum atomic E-state index is -0.251. The average molecular weight is 193 g/mol. The number of H-pyrrole nitrogens is 1. The van der Waals surface area contributed by atoms with Gasteiger partial charge in [0, 0.05) is 4.90 Å². The summed E-state index contributed by atoms with van der Waals surface area (Å²) < 4.78 is 1.28. The van der Waals surface area contributed by atoms with Gasteiger partial charge in [0.15, 0.2) is 0 Å². The molecule has 0 bridgehead atoms. The molecule has 0 fully saturated rings. The van der Waals surface area contributed by atoms with Crippen LogP contribution < -0.4 is 5.69 Å². The Kier molecular flexibility index (Phi) is 1.94. The number of thiol groups is 1. The number of nitrogens with one attached hydrogen (secondary N) is 1. The van der Waals surface area contributed by atoms with Gasteiger partial charge < -0.3 is 0 Å². The third-order valence-electron chi connectivity index (χ3n) is 1.63. The fourth-order valence-electron chi connectivity index (χ4n) is 1.06. The molecule has 0 amide bonds. The van der Waals surface area contributed by atoms with Gasteiger partial charge in [-0.15, -0.1) is 12.6 Å². The third-order valence-corrected chi connectivity index (χ3v) is 1.91. The molecule has 1 heterocycles. The molecule has 2 rings (SSSR count). The largest absolute Gasteiger partial charge is 0.347 e. The van der Waals surface area contributed by atoms with E-state index in [2.05, 4.69) is 22.7 Å². The molecule has 0 atom stereocenters. The lowest BCUT2D eigenvalue weighted by Crippen LogP contribution is -2.15. The molecule has 13 heavy (non-hydrogen) atoms. The molecule has 0 spiro atoms. The lowest BCUT2D eigenvalue weighted by molar-refractivity contribution is 0.840. The maximum Gasteiger partial charge on any atom is 0.347 e. The van der Waals surface area contributed by atoms with Crippen molar-refractivity contribution >= 4 is 12.6 Å². The summed E-state index contributed by atoms with van der Waals surface area (Å²) in [5, 5.41) is 3.84. The Hall–Kier alpha value is -1.49. The average Bonchev–Trinajstić information content (AvgIpc) is 2.51. The summed E-state index contributed by atoms with van der Waals surface area (Å²) >= 11 is 4.17. The van der Waals surface area contributed by atoms with Crippen molar-refractivity contribution in [3.8, 4) is 5.69 Å². The Balaban J connectivity index is 2.59. The van der Waals surface area contributed by atoms with Crippen LogP contribution in [0.3, 0.4) is 0 Å². The molecule has 0 aliphatic heterocycles. The zero-order valence-corrected chi connectivity index (χ0v) is 7.53. The highest BCUT2D eigenvalue weighted by molar-refractivity contribution is 7.80. The van der Waals surface area contributed by atoms with Crippen LogP contribution in [-0.2, 0) is 0 Å². The molecule has 0 unspecified atom stereocenters. The molecular weight excluding hydrogens is 186 g/mol. The molecule has 1 aromatic carbocycles. The minimum Gasteiger partial charge on any atom is -0.295 e. The van der Waals surface area contributed by atoms with Crippen molar-refractivity contribution in [2.24, 2.45) is 0 Å². The Labute approximate surface area is 79.6 Å². The Morgan fingerprint density at radius 2 is 2.31 bits per heavy atom. The van der Waals surface area contributed by atoms with Gasteiger partial charge in [0.25, 0.3) is 0 Å². The smallest absolute Gasteiger partial charge is 0.295 e. The summed E-state index contributed by atoms with van der Waals surface area (Å²) in [4.78, 5) is 14.4. The molecule has 0 radical (unpaired) electrons. The van der Waals surface area contributed by atoms with E-state index in [1.807, 2.05) is 12.1 Å². The number of rotatable bonds is 1. The second-order valence-electron chi connectivity index (χ2n) is 2.53. The quantitative estimate of drug-likeness (QED) is 0.660. The number of aromatic nitrogens is 3. The highest BCUT2D eigenvalue weighted by Gasteiger charge is 2.00. The van der Waals surface area contributed by atoms with Gasteiger partial charge in [0.05, 0.1) is 5.69 Å². The van der Waals surface area contributed by atoms with E-state index in [-0.39, 0.29) is 5.69 Å². The zero-order chi connectivity index (χ0) is 9.26. The maximum absolute atomic E-state index is 11.2. The normalized spacial score (nSPS) is 10.2. The lowest BCUT2D eigenvalue weighted by Gasteiger charge is -1.98. The number of aromatic amines is 1. The zero-order valence-electron chi connectivity index (χ0n) is 6.64. The SMILES string of the molecule is O=c1[nH]cnn1-c1cccc(S)c1. The topological polar surface area (TPSA) is 50.7 Å². The van der Waals surface area contributed by atoms with Gasteiger partial charge in [-0.25, -0.2) is 4.79 Å². The number of nitrogens with zero attached hydrogens (tertiary/aromatic N) is 2. The lowest BCUT2D eigenvalue weighted by atomic mass is 10.3. The van der Waals surface area contributed by atoms with Crippen LogP contribution in [0.4, 0.5) is 0 Å². The second-order valence-corrected chi connectivity index (χ2v) is 3.04. The van der Waals surface area contributed by atoms with Gasteiger partial charge >= 0.3 is 5.69 Å². The van der Waals surface area contributed by atoms with E-state index in [0.717, 1.165) is 4.90 Å². The van der Waals surface area contributed by atoms with Crippen LogP contribution in [0.5, 0.6) is 0 Å². The Bertz CT molecular complexity index is 474. The molecule has 1 N–H and O–H groups in total. The van der Waals surface area contributed by atoms with Gasteiger partial charge in [0.2, 0.25) is 0 Å². The highest BCUT2D eigenvalue weighted by Crippen LogP contribution is 2.10. The van der Waals surface area contributed by atoms with Crippen molar-refractivity contribution in [3.63, 3.8) is 0 Å². The maximum atomic E-state index is 11.2. The van der Waals surface area contributed by atoms with Gasteiger partial charge in [-0.2, -0.15) is 9.78 Å². The van der Waals surface area contributed by atoms with E-state index in [9.17, 15) is 4.79 Å². The molecule has 0 saturated heterocycles. The summed E-state index contributed by atoms with van der Waals surface area (Å²) in [6, 6.07) is 7.22. The molecule has 66 valence electrons. The van der Waals surface area contributed by atoms with Crippen molar-refractivity contribution in [2.45, 2.75) is 4.90 Å². The first kappa shape index (κ1) is 8.12. The Morgan fingerprint density at radius 3 is 2.92 bits per heavy atom. The van der Waals surface area contributed by atoms with Crippen LogP contribution in [0.15, 0.2) is 40.3 Å². The summed E-state index contributed by atoms with van der Waals surface area (Å²) in [6.45, 7) is 0. The number of hydrogen-bond donors (Lipinski definition) is 2. The van der Waals surface area contributed by atoms with Crippen LogP contribution in [0.25, 0.3) is 5.69 Å². The Morgan fingerprint density at radius 1 is 1.46 bits per heavy atom. The standard InChI is InChI=1S/C8H7N3OS/c12-8-9-5-10-11(8)6-2-1-3-7(13)4-6/h1-5,13H,(H,9,10,12). The van der Waals surface area contributed by atoms with Crippen LogP contribution in [-0.4, -0.2) is 14.8 Å². The summed E-state index contributed by atoms with van der Waals surface area (Å²) in [6.07, 6.45) is 1.35. The van der Waals surface area contributed by atoms with Crippen molar-refractivity contribution < 1.29 is 0 Å². The predicted molar refractivity (Wildman–Crippen MR) is 51.4 cm³/mol. The van der Waals surface area contributed by atoms with Crippen molar-refractivity contribution in [1.29, 1.82) is 0 Å². The van der Waals surface area contributed by atoms with Crippen molar-refractivity contribution in [2.75, 3.05) is 0 Å². The molecule has 0 aliphatic rings. The monoisotopic (exact) mass is 193 g/mol. The van der Waals surface area contributed by atoms with E-state index < -0.39 is 0 Å².